The number of benzene rings is 1. The molecule has 3 aromatic rings. The van der Waals surface area contributed by atoms with Crippen LogP contribution in [0.3, 0.4) is 0 Å². The maximum Gasteiger partial charge on any atom is 0.234 e. The molecule has 0 aliphatic heterocycles. The van der Waals surface area contributed by atoms with Crippen LogP contribution >= 0.6 is 23.1 Å². The molecule has 1 atom stereocenters. The Morgan fingerprint density at radius 3 is 3.00 bits per heavy atom. The number of aromatic hydroxyl groups is 1. The number of aromatic nitrogens is 2. The third-order valence-corrected chi connectivity index (χ3v) is 7.12. The summed E-state index contributed by atoms with van der Waals surface area (Å²) in [6.07, 6.45) is 3.34. The number of carbonyl (C=O) groups is 1. The lowest BCUT2D eigenvalue weighted by Gasteiger charge is -2.18. The number of nitrogens with one attached hydrogen (secondary N) is 1. The van der Waals surface area contributed by atoms with Gasteiger partial charge in [-0.2, -0.15) is 0 Å². The van der Waals surface area contributed by atoms with Gasteiger partial charge in [0.05, 0.1) is 11.4 Å². The molecule has 2 heterocycles. The van der Waals surface area contributed by atoms with E-state index in [0.717, 1.165) is 39.5 Å². The molecule has 0 spiro atoms. The summed E-state index contributed by atoms with van der Waals surface area (Å²) in [5, 5.41) is 14.7. The number of thiophene rings is 1. The second kappa shape index (κ2) is 7.72. The monoisotopic (exact) mass is 413 g/mol. The van der Waals surface area contributed by atoms with Gasteiger partial charge >= 0.3 is 0 Å². The lowest BCUT2D eigenvalue weighted by Crippen LogP contribution is -2.14. The van der Waals surface area contributed by atoms with Crippen LogP contribution < -0.4 is 5.32 Å². The predicted molar refractivity (Wildman–Crippen MR) is 116 cm³/mol. The lowest BCUT2D eigenvalue weighted by atomic mass is 9.89. The van der Waals surface area contributed by atoms with E-state index in [1.165, 1.54) is 28.6 Å². The molecular formula is C21H23N3O2S2. The maximum atomic E-state index is 12.5. The quantitative estimate of drug-likeness (QED) is 0.363. The molecule has 4 rings (SSSR count). The van der Waals surface area contributed by atoms with E-state index < -0.39 is 0 Å². The molecular weight excluding hydrogens is 390 g/mol. The molecule has 1 amide bonds. The Labute approximate surface area is 172 Å². The molecule has 1 unspecified atom stereocenters. The van der Waals surface area contributed by atoms with Gasteiger partial charge in [0.25, 0.3) is 0 Å². The van der Waals surface area contributed by atoms with Crippen LogP contribution in [0.4, 0.5) is 5.69 Å². The number of hydrogen-bond acceptors (Lipinski definition) is 6. The van der Waals surface area contributed by atoms with Crippen LogP contribution in [0.2, 0.25) is 0 Å². The van der Waals surface area contributed by atoms with Crippen molar-refractivity contribution in [1.82, 2.24) is 9.97 Å². The first kappa shape index (κ1) is 19.2. The molecule has 0 fully saturated rings. The Hall–Kier alpha value is -2.12. The summed E-state index contributed by atoms with van der Waals surface area (Å²) in [5.74, 6) is 1.59. The summed E-state index contributed by atoms with van der Waals surface area (Å²) in [6.45, 7) is 6.12. The average molecular weight is 414 g/mol. The van der Waals surface area contributed by atoms with Crippen molar-refractivity contribution < 1.29 is 9.90 Å². The first-order valence-electron chi connectivity index (χ1n) is 9.42. The Morgan fingerprint density at radius 1 is 1.36 bits per heavy atom. The third-order valence-electron chi connectivity index (χ3n) is 5.00. The van der Waals surface area contributed by atoms with Crippen molar-refractivity contribution in [3.63, 3.8) is 0 Å². The molecule has 1 aliphatic rings. The summed E-state index contributed by atoms with van der Waals surface area (Å²) < 4.78 is 0. The van der Waals surface area contributed by atoms with E-state index in [4.69, 9.17) is 0 Å². The fraction of sp³-hybridized carbons (Fsp3) is 0.381. The predicted octanol–water partition coefficient (Wildman–Crippen LogP) is 4.87. The van der Waals surface area contributed by atoms with Crippen molar-refractivity contribution in [3.8, 4) is 5.75 Å². The molecule has 0 radical (unpaired) electrons. The molecule has 7 heteroatoms. The summed E-state index contributed by atoms with van der Waals surface area (Å²) in [6, 6.07) is 5.16. The third kappa shape index (κ3) is 3.86. The van der Waals surface area contributed by atoms with E-state index in [2.05, 4.69) is 22.2 Å². The van der Waals surface area contributed by atoms with Crippen LogP contribution in [-0.4, -0.2) is 26.7 Å². The van der Waals surface area contributed by atoms with E-state index in [9.17, 15) is 9.90 Å². The Bertz CT molecular complexity index is 1060. The number of phenolic OH excluding ortho intramolecular Hbond substituents is 1. The lowest BCUT2D eigenvalue weighted by molar-refractivity contribution is -0.113. The number of thioether (sulfide) groups is 1. The van der Waals surface area contributed by atoms with Gasteiger partial charge in [0, 0.05) is 10.3 Å². The van der Waals surface area contributed by atoms with Crippen LogP contribution in [-0.2, 0) is 17.6 Å². The van der Waals surface area contributed by atoms with Gasteiger partial charge in [0.15, 0.2) is 0 Å². The molecule has 5 nitrogen and oxygen atoms in total. The highest BCUT2D eigenvalue weighted by Gasteiger charge is 2.24. The minimum atomic E-state index is -0.159. The van der Waals surface area contributed by atoms with E-state index in [1.54, 1.807) is 29.5 Å². The Balaban J connectivity index is 1.56. The fourth-order valence-electron chi connectivity index (χ4n) is 3.59. The van der Waals surface area contributed by atoms with Crippen molar-refractivity contribution in [2.24, 2.45) is 5.92 Å². The highest BCUT2D eigenvalue weighted by molar-refractivity contribution is 8.00. The number of hydrogen-bond donors (Lipinski definition) is 2. The largest absolute Gasteiger partial charge is 0.506 e. The van der Waals surface area contributed by atoms with E-state index in [1.807, 2.05) is 13.8 Å². The number of anilines is 1. The van der Waals surface area contributed by atoms with Crippen molar-refractivity contribution in [1.29, 1.82) is 0 Å². The van der Waals surface area contributed by atoms with Gasteiger partial charge in [-0.1, -0.05) is 24.8 Å². The van der Waals surface area contributed by atoms with Crippen LogP contribution in [0, 0.1) is 19.8 Å². The summed E-state index contributed by atoms with van der Waals surface area (Å²) in [5.41, 5.74) is 2.79. The van der Waals surface area contributed by atoms with Crippen LogP contribution in [0.25, 0.3) is 10.2 Å². The van der Waals surface area contributed by atoms with Gasteiger partial charge < -0.3 is 10.4 Å². The molecule has 146 valence electrons. The number of fused-ring (bicyclic) bond motifs is 3. The standard InChI is InChI=1S/C21H23N3O2S2/c1-11-5-7-16(25)15(8-11)24-18(26)10-27-20-19-14-6-4-12(2)9-17(14)28-21(19)23-13(3)22-20/h5,7-8,12,25H,4,6,9-10H2,1-3H3,(H,24,26). The van der Waals surface area contributed by atoms with Crippen molar-refractivity contribution in [2.45, 2.75) is 45.1 Å². The number of phenols is 1. The SMILES string of the molecule is Cc1ccc(O)c(NC(=O)CSc2nc(C)nc3sc4c(c23)CCC(C)C4)c1. The first-order valence-corrected chi connectivity index (χ1v) is 11.2. The van der Waals surface area contributed by atoms with Crippen LogP contribution in [0.15, 0.2) is 23.2 Å². The minimum Gasteiger partial charge on any atom is -0.506 e. The zero-order valence-electron chi connectivity index (χ0n) is 16.2. The average Bonchev–Trinajstić information content (AvgIpc) is 2.99. The molecule has 0 saturated heterocycles. The zero-order chi connectivity index (χ0) is 19.8. The van der Waals surface area contributed by atoms with E-state index >= 15 is 0 Å². The van der Waals surface area contributed by atoms with Gasteiger partial charge in [0.2, 0.25) is 5.91 Å². The number of nitrogens with zero attached hydrogens (tertiary/aromatic N) is 2. The van der Waals surface area contributed by atoms with Gasteiger partial charge in [0.1, 0.15) is 21.4 Å². The normalized spacial score (nSPS) is 16.2. The molecule has 0 saturated carbocycles. The zero-order valence-corrected chi connectivity index (χ0v) is 17.8. The fourth-order valence-corrected chi connectivity index (χ4v) is 5.98. The molecule has 2 aromatic heterocycles. The van der Waals surface area contributed by atoms with E-state index in [0.29, 0.717) is 11.6 Å². The van der Waals surface area contributed by atoms with Gasteiger partial charge in [-0.05, 0) is 62.3 Å². The highest BCUT2D eigenvalue weighted by Crippen LogP contribution is 2.41. The topological polar surface area (TPSA) is 75.1 Å². The van der Waals surface area contributed by atoms with Crippen molar-refractivity contribution >= 4 is 44.9 Å². The summed E-state index contributed by atoms with van der Waals surface area (Å²) in [4.78, 5) is 24.2. The minimum absolute atomic E-state index is 0.0743. The van der Waals surface area contributed by atoms with Crippen LogP contribution in [0.1, 0.15) is 35.2 Å². The number of aryl methyl sites for hydroxylation is 3. The summed E-state index contributed by atoms with van der Waals surface area (Å²) in [7, 11) is 0. The summed E-state index contributed by atoms with van der Waals surface area (Å²) >= 11 is 3.22. The number of carbonyl (C=O) groups excluding carboxylic acids is 1. The highest BCUT2D eigenvalue weighted by atomic mass is 32.2. The molecule has 28 heavy (non-hydrogen) atoms. The Kier molecular flexibility index (Phi) is 5.29. The smallest absolute Gasteiger partial charge is 0.234 e. The second-order valence-corrected chi connectivity index (χ2v) is 9.51. The van der Waals surface area contributed by atoms with Gasteiger partial charge in [-0.15, -0.1) is 11.3 Å². The second-order valence-electron chi connectivity index (χ2n) is 7.47. The van der Waals surface area contributed by atoms with Crippen molar-refractivity contribution in [2.75, 3.05) is 11.1 Å². The molecule has 2 N–H and O–H groups in total. The molecule has 0 bridgehead atoms. The van der Waals surface area contributed by atoms with Crippen LogP contribution in [0.5, 0.6) is 5.75 Å². The Morgan fingerprint density at radius 2 is 2.18 bits per heavy atom. The van der Waals surface area contributed by atoms with E-state index in [-0.39, 0.29) is 17.4 Å². The number of amides is 1. The van der Waals surface area contributed by atoms with Gasteiger partial charge in [-0.3, -0.25) is 4.79 Å². The molecule has 1 aromatic carbocycles. The number of rotatable bonds is 4. The maximum absolute atomic E-state index is 12.5. The van der Waals surface area contributed by atoms with Gasteiger partial charge in [-0.25, -0.2) is 9.97 Å². The first-order chi connectivity index (χ1) is 13.4. The molecule has 1 aliphatic carbocycles. The van der Waals surface area contributed by atoms with Crippen molar-refractivity contribution in [3.05, 3.63) is 40.0 Å².